The van der Waals surface area contributed by atoms with Crippen LogP contribution in [-0.4, -0.2) is 68.6 Å². The maximum absolute atomic E-state index is 12.2. The van der Waals surface area contributed by atoms with Gasteiger partial charge in [-0.2, -0.15) is 0 Å². The van der Waals surface area contributed by atoms with Crippen LogP contribution in [0.2, 0.25) is 0 Å². The molecule has 0 saturated heterocycles. The average molecular weight is 388 g/mol. The molecule has 0 radical (unpaired) electrons. The van der Waals surface area contributed by atoms with E-state index in [1.54, 1.807) is 38.2 Å². The molecule has 8 heteroatoms. The number of rotatable bonds is 8. The lowest BCUT2D eigenvalue weighted by molar-refractivity contribution is 0.0824. The molecule has 2 aromatic carbocycles. The zero-order valence-corrected chi connectivity index (χ0v) is 17.2. The smallest absolute Gasteiger partial charge is 0.257 e. The standard InChI is InChI=1S/C20H28N4O4/c1-12(10-11-22(2)3)24(6)16-15(18(26)19(16)27)21-14-9-7-8-13(17(14)25)20(28)23(4)5/h7-9,12,21,25H,10-11H2,1-6H3. The zero-order chi connectivity index (χ0) is 21.2. The number of carbonyl (C=O) groups excluding carboxylic acids is 1. The van der Waals surface area contributed by atoms with E-state index in [2.05, 4.69) is 10.2 Å². The second-order valence-electron chi connectivity index (χ2n) is 7.46. The fourth-order valence-corrected chi connectivity index (χ4v) is 2.88. The quantitative estimate of drug-likeness (QED) is 0.519. The molecule has 0 bridgehead atoms. The molecule has 1 unspecified atom stereocenters. The zero-order valence-electron chi connectivity index (χ0n) is 17.2. The number of carbonyl (C=O) groups is 1. The minimum atomic E-state index is -0.634. The molecule has 1 amide bonds. The van der Waals surface area contributed by atoms with Crippen LogP contribution in [0.3, 0.4) is 0 Å². The Labute approximate surface area is 164 Å². The van der Waals surface area contributed by atoms with Gasteiger partial charge in [-0.05, 0) is 46.1 Å². The van der Waals surface area contributed by atoms with E-state index in [1.165, 1.54) is 11.0 Å². The highest BCUT2D eigenvalue weighted by Gasteiger charge is 2.28. The molecule has 0 aliphatic rings. The van der Waals surface area contributed by atoms with Crippen molar-refractivity contribution in [1.82, 2.24) is 9.80 Å². The van der Waals surface area contributed by atoms with Gasteiger partial charge in [-0.25, -0.2) is 0 Å². The highest BCUT2D eigenvalue weighted by molar-refractivity contribution is 5.99. The molecular formula is C20H28N4O4. The lowest BCUT2D eigenvalue weighted by Crippen LogP contribution is -2.44. The summed E-state index contributed by atoms with van der Waals surface area (Å²) in [5, 5.41) is 13.3. The van der Waals surface area contributed by atoms with Gasteiger partial charge in [0.25, 0.3) is 16.8 Å². The summed E-state index contributed by atoms with van der Waals surface area (Å²) in [6.45, 7) is 2.83. The van der Waals surface area contributed by atoms with Crippen LogP contribution in [0.1, 0.15) is 23.7 Å². The van der Waals surface area contributed by atoms with Gasteiger partial charge in [-0.3, -0.25) is 14.4 Å². The van der Waals surface area contributed by atoms with E-state index < -0.39 is 10.9 Å². The predicted octanol–water partition coefficient (Wildman–Crippen LogP) is 1.21. The van der Waals surface area contributed by atoms with Crippen molar-refractivity contribution in [3.8, 4) is 5.75 Å². The predicted molar refractivity (Wildman–Crippen MR) is 112 cm³/mol. The van der Waals surface area contributed by atoms with Crippen molar-refractivity contribution in [2.45, 2.75) is 19.4 Å². The maximum atomic E-state index is 12.2. The van der Waals surface area contributed by atoms with Gasteiger partial charge in [0.1, 0.15) is 11.4 Å². The minimum absolute atomic E-state index is 0.0431. The first kappa shape index (κ1) is 21.4. The van der Waals surface area contributed by atoms with Crippen LogP contribution in [-0.2, 0) is 0 Å². The van der Waals surface area contributed by atoms with Gasteiger partial charge in [-0.15, -0.1) is 0 Å². The summed E-state index contributed by atoms with van der Waals surface area (Å²) in [4.78, 5) is 41.7. The lowest BCUT2D eigenvalue weighted by Gasteiger charge is -2.30. The van der Waals surface area contributed by atoms with Crippen molar-refractivity contribution < 1.29 is 9.90 Å². The molecule has 0 aliphatic heterocycles. The van der Waals surface area contributed by atoms with E-state index in [4.69, 9.17) is 0 Å². The van der Waals surface area contributed by atoms with Gasteiger partial charge in [0.05, 0.1) is 11.3 Å². The third-order valence-corrected chi connectivity index (χ3v) is 4.83. The second-order valence-corrected chi connectivity index (χ2v) is 7.46. The minimum Gasteiger partial charge on any atom is -0.505 e. The average Bonchev–Trinajstić information content (AvgIpc) is 2.65. The van der Waals surface area contributed by atoms with Crippen molar-refractivity contribution in [2.75, 3.05) is 52.0 Å². The summed E-state index contributed by atoms with van der Waals surface area (Å²) in [5.74, 6) is -0.621. The van der Waals surface area contributed by atoms with Crippen molar-refractivity contribution >= 4 is 23.0 Å². The molecule has 0 saturated carbocycles. The first-order chi connectivity index (χ1) is 13.1. The Balaban J connectivity index is 2.31. The summed E-state index contributed by atoms with van der Waals surface area (Å²) in [7, 11) is 8.89. The van der Waals surface area contributed by atoms with E-state index in [1.807, 2.05) is 21.0 Å². The number of nitrogens with one attached hydrogen (secondary N) is 1. The number of phenols is 1. The van der Waals surface area contributed by atoms with E-state index in [9.17, 15) is 19.5 Å². The molecule has 0 aromatic heterocycles. The van der Waals surface area contributed by atoms with Crippen LogP contribution in [0, 0.1) is 0 Å². The normalized spacial score (nSPS) is 12.2. The number of hydrogen-bond donors (Lipinski definition) is 2. The van der Waals surface area contributed by atoms with Gasteiger partial charge in [0, 0.05) is 27.2 Å². The summed E-state index contributed by atoms with van der Waals surface area (Å²) in [6.07, 6.45) is 0.819. The number of phenolic OH excluding ortho intramolecular Hbond substituents is 1. The fraction of sp³-hybridized carbons (Fsp3) is 0.450. The number of amides is 1. The number of aromatic hydroxyl groups is 1. The Kier molecular flexibility index (Phi) is 6.45. The monoisotopic (exact) mass is 388 g/mol. The Hall–Kier alpha value is -2.87. The number of anilines is 3. The van der Waals surface area contributed by atoms with E-state index in [0.29, 0.717) is 5.69 Å². The van der Waals surface area contributed by atoms with E-state index in [-0.39, 0.29) is 34.6 Å². The van der Waals surface area contributed by atoms with Crippen LogP contribution in [0.5, 0.6) is 5.75 Å². The van der Waals surface area contributed by atoms with Crippen LogP contribution in [0.25, 0.3) is 0 Å². The highest BCUT2D eigenvalue weighted by atomic mass is 16.3. The van der Waals surface area contributed by atoms with E-state index >= 15 is 0 Å². The number of hydrogen-bond acceptors (Lipinski definition) is 7. The summed E-state index contributed by atoms with van der Waals surface area (Å²) < 4.78 is 0. The number of benzene rings is 1. The molecule has 1 atom stereocenters. The Morgan fingerprint density at radius 3 is 2.32 bits per heavy atom. The third-order valence-electron chi connectivity index (χ3n) is 4.83. The summed E-state index contributed by atoms with van der Waals surface area (Å²) in [6, 6.07) is 4.70. The van der Waals surface area contributed by atoms with E-state index in [0.717, 1.165) is 13.0 Å². The third kappa shape index (κ3) is 4.17. The van der Waals surface area contributed by atoms with Crippen LogP contribution in [0.4, 0.5) is 17.1 Å². The molecule has 2 rings (SSSR count). The first-order valence-corrected chi connectivity index (χ1v) is 9.07. The molecular weight excluding hydrogens is 360 g/mol. The molecule has 0 spiro atoms. The topological polar surface area (TPSA) is 93.2 Å². The summed E-state index contributed by atoms with van der Waals surface area (Å²) >= 11 is 0. The largest absolute Gasteiger partial charge is 0.505 e. The summed E-state index contributed by atoms with van der Waals surface area (Å²) in [5.41, 5.74) is -0.445. The molecule has 28 heavy (non-hydrogen) atoms. The van der Waals surface area contributed by atoms with Gasteiger partial charge >= 0.3 is 0 Å². The highest BCUT2D eigenvalue weighted by Crippen LogP contribution is 2.33. The van der Waals surface area contributed by atoms with Gasteiger partial charge in [0.15, 0.2) is 5.75 Å². The van der Waals surface area contributed by atoms with Crippen molar-refractivity contribution in [3.05, 3.63) is 44.2 Å². The van der Waals surface area contributed by atoms with Crippen LogP contribution in [0.15, 0.2) is 27.8 Å². The molecule has 2 aromatic rings. The fourth-order valence-electron chi connectivity index (χ4n) is 2.88. The first-order valence-electron chi connectivity index (χ1n) is 9.07. The van der Waals surface area contributed by atoms with Crippen LogP contribution < -0.4 is 21.1 Å². The van der Waals surface area contributed by atoms with Crippen molar-refractivity contribution in [3.63, 3.8) is 0 Å². The second kappa shape index (κ2) is 8.43. The SMILES string of the molecule is CC(CCN(C)C)N(C)c1c(Nc2cccc(C(=O)N(C)C)c2O)c(=O)c1=O. The molecule has 0 heterocycles. The number of nitrogens with zero attached hydrogens (tertiary/aromatic N) is 3. The van der Waals surface area contributed by atoms with Gasteiger partial charge in [-0.1, -0.05) is 6.07 Å². The molecule has 2 N–H and O–H groups in total. The Morgan fingerprint density at radius 2 is 1.75 bits per heavy atom. The van der Waals surface area contributed by atoms with Gasteiger partial charge in [0.2, 0.25) is 0 Å². The molecule has 8 nitrogen and oxygen atoms in total. The lowest BCUT2D eigenvalue weighted by atomic mass is 10.1. The van der Waals surface area contributed by atoms with Crippen LogP contribution >= 0.6 is 0 Å². The van der Waals surface area contributed by atoms with Crippen molar-refractivity contribution in [1.29, 1.82) is 0 Å². The molecule has 0 fully saturated rings. The molecule has 152 valence electrons. The maximum Gasteiger partial charge on any atom is 0.257 e. The van der Waals surface area contributed by atoms with Gasteiger partial charge < -0.3 is 25.1 Å². The number of para-hydroxylation sites is 1. The van der Waals surface area contributed by atoms with Crippen molar-refractivity contribution in [2.24, 2.45) is 0 Å². The molecule has 0 aliphatic carbocycles. The Morgan fingerprint density at radius 1 is 1.11 bits per heavy atom. The Bertz CT molecular complexity index is 929.